The maximum absolute atomic E-state index is 12.5. The van der Waals surface area contributed by atoms with E-state index in [2.05, 4.69) is 4.99 Å². The lowest BCUT2D eigenvalue weighted by Crippen LogP contribution is -2.15. The van der Waals surface area contributed by atoms with Gasteiger partial charge in [-0.25, -0.2) is 4.39 Å². The minimum atomic E-state index is -0.199. The van der Waals surface area contributed by atoms with Crippen LogP contribution in [0.4, 0.5) is 4.39 Å². The first kappa shape index (κ1) is 9.71. The molecule has 0 heterocycles. The van der Waals surface area contributed by atoms with Crippen LogP contribution in [-0.2, 0) is 6.54 Å². The van der Waals surface area contributed by atoms with Crippen LogP contribution >= 0.6 is 0 Å². The number of nitrogens with zero attached hydrogens (tertiary/aromatic N) is 2. The lowest BCUT2D eigenvalue weighted by Gasteiger charge is -2.12. The van der Waals surface area contributed by atoms with Crippen molar-refractivity contribution in [2.24, 2.45) is 4.99 Å². The van der Waals surface area contributed by atoms with Gasteiger partial charge in [-0.1, -0.05) is 12.1 Å². The summed E-state index contributed by atoms with van der Waals surface area (Å²) >= 11 is 0. The van der Waals surface area contributed by atoms with E-state index in [9.17, 15) is 4.39 Å². The maximum Gasteiger partial charge on any atom is 0.123 e. The SMILES string of the molecule is CN=CN(C)Cc1ccc(F)cc1. The molecule has 0 aliphatic carbocycles. The Labute approximate surface area is 77.7 Å². The number of halogens is 1. The molecule has 0 radical (unpaired) electrons. The van der Waals surface area contributed by atoms with Gasteiger partial charge in [0.25, 0.3) is 0 Å². The summed E-state index contributed by atoms with van der Waals surface area (Å²) in [4.78, 5) is 5.81. The monoisotopic (exact) mass is 180 g/mol. The highest BCUT2D eigenvalue weighted by Crippen LogP contribution is 2.04. The van der Waals surface area contributed by atoms with E-state index in [0.29, 0.717) is 0 Å². The third-order valence-electron chi connectivity index (χ3n) is 1.66. The molecule has 0 aliphatic heterocycles. The Hall–Kier alpha value is -1.38. The number of rotatable bonds is 3. The van der Waals surface area contributed by atoms with Crippen LogP contribution < -0.4 is 0 Å². The van der Waals surface area contributed by atoms with Gasteiger partial charge in [0.2, 0.25) is 0 Å². The van der Waals surface area contributed by atoms with E-state index in [1.807, 2.05) is 11.9 Å². The average Bonchev–Trinajstić information content (AvgIpc) is 2.09. The summed E-state index contributed by atoms with van der Waals surface area (Å²) in [6.45, 7) is 0.748. The zero-order valence-electron chi connectivity index (χ0n) is 7.87. The van der Waals surface area contributed by atoms with Crippen LogP contribution in [0.5, 0.6) is 0 Å². The van der Waals surface area contributed by atoms with Crippen LogP contribution in [0, 0.1) is 5.82 Å². The van der Waals surface area contributed by atoms with Gasteiger partial charge in [0.05, 0.1) is 6.34 Å². The fourth-order valence-electron chi connectivity index (χ4n) is 1.12. The minimum absolute atomic E-state index is 0.199. The Morgan fingerprint density at radius 2 is 2.00 bits per heavy atom. The maximum atomic E-state index is 12.5. The second-order valence-electron chi connectivity index (χ2n) is 2.92. The fraction of sp³-hybridized carbons (Fsp3) is 0.300. The molecule has 13 heavy (non-hydrogen) atoms. The molecule has 1 aromatic rings. The lowest BCUT2D eigenvalue weighted by molar-refractivity contribution is 0.514. The summed E-state index contributed by atoms with van der Waals surface area (Å²) in [5, 5.41) is 0. The van der Waals surface area contributed by atoms with Crippen LogP contribution in [0.2, 0.25) is 0 Å². The highest BCUT2D eigenvalue weighted by molar-refractivity contribution is 5.54. The number of benzene rings is 1. The fourth-order valence-corrected chi connectivity index (χ4v) is 1.12. The molecule has 0 atom stereocenters. The first-order valence-electron chi connectivity index (χ1n) is 4.09. The second-order valence-corrected chi connectivity index (χ2v) is 2.92. The molecule has 2 nitrogen and oxygen atoms in total. The van der Waals surface area contributed by atoms with Crippen molar-refractivity contribution >= 4 is 6.34 Å². The molecule has 1 aromatic carbocycles. The number of hydrogen-bond acceptors (Lipinski definition) is 1. The van der Waals surface area contributed by atoms with E-state index in [1.54, 1.807) is 25.5 Å². The van der Waals surface area contributed by atoms with E-state index in [-0.39, 0.29) is 5.82 Å². The largest absolute Gasteiger partial charge is 0.362 e. The summed E-state index contributed by atoms with van der Waals surface area (Å²) in [5.41, 5.74) is 1.07. The highest BCUT2D eigenvalue weighted by Gasteiger charge is 1.95. The van der Waals surface area contributed by atoms with E-state index in [0.717, 1.165) is 12.1 Å². The molecule has 1 rings (SSSR count). The summed E-state index contributed by atoms with van der Waals surface area (Å²) in [7, 11) is 3.65. The van der Waals surface area contributed by atoms with Gasteiger partial charge in [0.1, 0.15) is 5.82 Å². The summed E-state index contributed by atoms with van der Waals surface area (Å²) in [6.07, 6.45) is 1.74. The van der Waals surface area contributed by atoms with Crippen LogP contribution in [0.25, 0.3) is 0 Å². The zero-order chi connectivity index (χ0) is 9.68. The molecule has 3 heteroatoms. The Balaban J connectivity index is 2.59. The standard InChI is InChI=1S/C10H13FN2/c1-12-8-13(2)7-9-3-5-10(11)6-4-9/h3-6,8H,7H2,1-2H3. The van der Waals surface area contributed by atoms with Crippen LogP contribution in [0.15, 0.2) is 29.3 Å². The van der Waals surface area contributed by atoms with Gasteiger partial charge in [0, 0.05) is 20.6 Å². The molecule has 0 amide bonds. The molecular weight excluding hydrogens is 167 g/mol. The van der Waals surface area contributed by atoms with Gasteiger partial charge >= 0.3 is 0 Å². The Morgan fingerprint density at radius 1 is 1.38 bits per heavy atom. The van der Waals surface area contributed by atoms with Crippen molar-refractivity contribution in [2.75, 3.05) is 14.1 Å². The molecule has 0 saturated carbocycles. The summed E-state index contributed by atoms with van der Waals surface area (Å²) in [6, 6.07) is 6.48. The molecule has 0 bridgehead atoms. The number of hydrogen-bond donors (Lipinski definition) is 0. The van der Waals surface area contributed by atoms with Gasteiger partial charge in [-0.15, -0.1) is 0 Å². The van der Waals surface area contributed by atoms with Crippen molar-refractivity contribution in [1.29, 1.82) is 0 Å². The Morgan fingerprint density at radius 3 is 2.54 bits per heavy atom. The highest BCUT2D eigenvalue weighted by atomic mass is 19.1. The van der Waals surface area contributed by atoms with Gasteiger partial charge in [-0.3, -0.25) is 4.99 Å². The minimum Gasteiger partial charge on any atom is -0.362 e. The van der Waals surface area contributed by atoms with Crippen molar-refractivity contribution in [1.82, 2.24) is 4.90 Å². The molecular formula is C10H13FN2. The van der Waals surface area contributed by atoms with E-state index in [4.69, 9.17) is 0 Å². The predicted molar refractivity (Wildman–Crippen MR) is 52.3 cm³/mol. The molecule has 0 spiro atoms. The smallest absolute Gasteiger partial charge is 0.123 e. The van der Waals surface area contributed by atoms with E-state index < -0.39 is 0 Å². The molecule has 0 N–H and O–H groups in total. The van der Waals surface area contributed by atoms with Crippen LogP contribution in [-0.4, -0.2) is 25.3 Å². The van der Waals surface area contributed by atoms with Crippen molar-refractivity contribution in [3.05, 3.63) is 35.6 Å². The first-order chi connectivity index (χ1) is 6.22. The van der Waals surface area contributed by atoms with Gasteiger partial charge < -0.3 is 4.90 Å². The topological polar surface area (TPSA) is 15.6 Å². The third-order valence-corrected chi connectivity index (χ3v) is 1.66. The average molecular weight is 180 g/mol. The van der Waals surface area contributed by atoms with E-state index in [1.165, 1.54) is 12.1 Å². The van der Waals surface area contributed by atoms with Crippen molar-refractivity contribution in [3.63, 3.8) is 0 Å². The lowest BCUT2D eigenvalue weighted by atomic mass is 10.2. The van der Waals surface area contributed by atoms with Gasteiger partial charge in [-0.2, -0.15) is 0 Å². The summed E-state index contributed by atoms with van der Waals surface area (Å²) < 4.78 is 12.5. The molecule has 0 aromatic heterocycles. The normalized spacial score (nSPS) is 10.7. The Bertz CT molecular complexity index is 279. The van der Waals surface area contributed by atoms with Crippen molar-refractivity contribution in [3.8, 4) is 0 Å². The van der Waals surface area contributed by atoms with Crippen molar-refractivity contribution in [2.45, 2.75) is 6.54 Å². The summed E-state index contributed by atoms with van der Waals surface area (Å²) in [5.74, 6) is -0.199. The predicted octanol–water partition coefficient (Wildman–Crippen LogP) is 1.92. The molecule has 0 fully saturated rings. The third kappa shape index (κ3) is 3.23. The first-order valence-corrected chi connectivity index (χ1v) is 4.09. The molecule has 0 unspecified atom stereocenters. The van der Waals surface area contributed by atoms with Crippen LogP contribution in [0.3, 0.4) is 0 Å². The molecule has 70 valence electrons. The van der Waals surface area contributed by atoms with Gasteiger partial charge in [-0.05, 0) is 17.7 Å². The van der Waals surface area contributed by atoms with Gasteiger partial charge in [0.15, 0.2) is 0 Å². The van der Waals surface area contributed by atoms with Crippen molar-refractivity contribution < 1.29 is 4.39 Å². The quantitative estimate of drug-likeness (QED) is 0.512. The Kier molecular flexibility index (Phi) is 3.43. The number of aliphatic imine (C=N–C) groups is 1. The molecule has 0 aliphatic rings. The molecule has 0 saturated heterocycles. The van der Waals surface area contributed by atoms with E-state index >= 15 is 0 Å². The zero-order valence-corrected chi connectivity index (χ0v) is 7.87. The second kappa shape index (κ2) is 4.60. The van der Waals surface area contributed by atoms with Crippen LogP contribution in [0.1, 0.15) is 5.56 Å².